The van der Waals surface area contributed by atoms with Gasteiger partial charge in [-0.1, -0.05) is 60.7 Å². The van der Waals surface area contributed by atoms with Gasteiger partial charge in [0.15, 0.2) is 16.7 Å². The minimum Gasteiger partial charge on any atom is -0.503 e. The number of carbonyl (C=O) groups is 2. The summed E-state index contributed by atoms with van der Waals surface area (Å²) in [5.41, 5.74) is 3.00. The van der Waals surface area contributed by atoms with Crippen molar-refractivity contribution in [2.45, 2.75) is 19.4 Å². The minimum atomic E-state index is -0.874. The second kappa shape index (κ2) is 8.90. The summed E-state index contributed by atoms with van der Waals surface area (Å²) >= 11 is 1.29. The molecule has 1 aliphatic rings. The molecule has 0 fully saturated rings. The van der Waals surface area contributed by atoms with E-state index >= 15 is 0 Å². The number of aryl methyl sites for hydroxylation is 1. The average Bonchev–Trinajstić information content (AvgIpc) is 3.62. The van der Waals surface area contributed by atoms with E-state index in [1.165, 1.54) is 16.2 Å². The molecule has 0 saturated carbocycles. The van der Waals surface area contributed by atoms with Crippen LogP contribution in [0.3, 0.4) is 0 Å². The van der Waals surface area contributed by atoms with Gasteiger partial charge in [0.1, 0.15) is 11.3 Å². The van der Waals surface area contributed by atoms with E-state index in [0.717, 1.165) is 22.1 Å². The summed E-state index contributed by atoms with van der Waals surface area (Å²) in [5.74, 6) is -1.11. The number of hydrogen-bond acceptors (Lipinski definition) is 7. The number of rotatable bonds is 6. The van der Waals surface area contributed by atoms with Gasteiger partial charge in [0.2, 0.25) is 5.78 Å². The molecule has 1 amide bonds. The van der Waals surface area contributed by atoms with Gasteiger partial charge in [-0.2, -0.15) is 0 Å². The molecule has 184 valence electrons. The van der Waals surface area contributed by atoms with Crippen molar-refractivity contribution in [2.24, 2.45) is 0 Å². The number of methoxy groups -OCH3 is 1. The first-order valence-corrected chi connectivity index (χ1v) is 12.6. The lowest BCUT2D eigenvalue weighted by Gasteiger charge is -2.24. The monoisotopic (exact) mass is 510 g/mol. The first kappa shape index (κ1) is 23.0. The van der Waals surface area contributed by atoms with Crippen LogP contribution in [0.4, 0.5) is 5.13 Å². The van der Waals surface area contributed by atoms with Crippen molar-refractivity contribution in [1.82, 2.24) is 4.98 Å². The molecule has 1 unspecified atom stereocenters. The van der Waals surface area contributed by atoms with E-state index in [2.05, 4.69) is 11.9 Å². The van der Waals surface area contributed by atoms with Gasteiger partial charge in [-0.05, 0) is 47.9 Å². The molecule has 2 aromatic heterocycles. The fraction of sp³-hybridized carbons (Fsp3) is 0.138. The number of amides is 1. The van der Waals surface area contributed by atoms with Crippen molar-refractivity contribution in [2.75, 3.05) is 12.0 Å². The number of thiazole rings is 1. The van der Waals surface area contributed by atoms with Crippen LogP contribution in [0.25, 0.3) is 21.2 Å². The third-order valence-corrected chi connectivity index (χ3v) is 7.61. The van der Waals surface area contributed by atoms with Crippen LogP contribution in [0, 0.1) is 0 Å². The van der Waals surface area contributed by atoms with Crippen LogP contribution in [-0.4, -0.2) is 28.9 Å². The molecular weight excluding hydrogens is 488 g/mol. The first-order chi connectivity index (χ1) is 18.0. The van der Waals surface area contributed by atoms with Crippen LogP contribution in [0.1, 0.15) is 34.6 Å². The fourth-order valence-electron chi connectivity index (χ4n) is 4.63. The Balaban J connectivity index is 1.50. The lowest BCUT2D eigenvalue weighted by atomic mass is 9.94. The quantitative estimate of drug-likeness (QED) is 0.266. The maximum absolute atomic E-state index is 13.8. The first-order valence-electron chi connectivity index (χ1n) is 11.8. The number of anilines is 1. The second-order valence-corrected chi connectivity index (χ2v) is 9.75. The Bertz CT molecular complexity index is 1680. The summed E-state index contributed by atoms with van der Waals surface area (Å²) in [6.45, 7) is 2.05. The molecule has 1 atom stereocenters. The smallest absolute Gasteiger partial charge is 0.296 e. The van der Waals surface area contributed by atoms with E-state index in [1.807, 2.05) is 54.6 Å². The van der Waals surface area contributed by atoms with Crippen molar-refractivity contribution in [3.05, 3.63) is 101 Å². The van der Waals surface area contributed by atoms with Gasteiger partial charge >= 0.3 is 0 Å². The average molecular weight is 511 g/mol. The SMILES string of the molecule is CCc1ccc(C2C(C(=O)c3cc4ccccc4o3)=C(O)C(=O)N2c2nc3ccc(OC)cc3s2)cc1. The Morgan fingerprint density at radius 1 is 1.11 bits per heavy atom. The normalized spacial score (nSPS) is 15.8. The highest BCUT2D eigenvalue weighted by atomic mass is 32.1. The number of fused-ring (bicyclic) bond motifs is 2. The molecule has 1 N–H and O–H groups in total. The Kier molecular flexibility index (Phi) is 5.53. The van der Waals surface area contributed by atoms with Crippen molar-refractivity contribution in [3.8, 4) is 5.75 Å². The standard InChI is InChI=1S/C29H22N2O5S/c1-3-16-8-10-17(11-9-16)25-24(26(32)22-14-18-6-4-5-7-21(18)36-22)27(33)28(34)31(25)29-30-20-13-12-19(35-2)15-23(20)37-29/h4-15,25,33H,3H2,1-2H3. The number of nitrogens with zero attached hydrogens (tertiary/aromatic N) is 2. The zero-order valence-electron chi connectivity index (χ0n) is 20.1. The molecule has 3 aromatic carbocycles. The van der Waals surface area contributed by atoms with E-state index in [9.17, 15) is 14.7 Å². The van der Waals surface area contributed by atoms with E-state index in [-0.39, 0.29) is 11.3 Å². The number of benzene rings is 3. The van der Waals surface area contributed by atoms with Crippen LogP contribution in [0.2, 0.25) is 0 Å². The van der Waals surface area contributed by atoms with Gasteiger partial charge < -0.3 is 14.3 Å². The predicted molar refractivity (Wildman–Crippen MR) is 142 cm³/mol. The third-order valence-electron chi connectivity index (χ3n) is 6.60. The molecule has 8 heteroatoms. The lowest BCUT2D eigenvalue weighted by molar-refractivity contribution is -0.117. The Morgan fingerprint density at radius 2 is 1.89 bits per heavy atom. The fourth-order valence-corrected chi connectivity index (χ4v) is 5.66. The van der Waals surface area contributed by atoms with E-state index in [4.69, 9.17) is 9.15 Å². The number of ketones is 1. The maximum Gasteiger partial charge on any atom is 0.296 e. The molecule has 0 aliphatic carbocycles. The van der Waals surface area contributed by atoms with Crippen molar-refractivity contribution < 1.29 is 23.8 Å². The van der Waals surface area contributed by atoms with Crippen molar-refractivity contribution in [1.29, 1.82) is 0 Å². The maximum atomic E-state index is 13.8. The summed E-state index contributed by atoms with van der Waals surface area (Å²) in [7, 11) is 1.58. The van der Waals surface area contributed by atoms with Gasteiger partial charge in [-0.15, -0.1) is 0 Å². The zero-order chi connectivity index (χ0) is 25.7. The molecule has 6 rings (SSSR count). The summed E-state index contributed by atoms with van der Waals surface area (Å²) in [6, 6.07) is 21.2. The largest absolute Gasteiger partial charge is 0.503 e. The Morgan fingerprint density at radius 3 is 2.62 bits per heavy atom. The molecule has 3 heterocycles. The highest BCUT2D eigenvalue weighted by molar-refractivity contribution is 7.22. The molecule has 5 aromatic rings. The van der Waals surface area contributed by atoms with Crippen LogP contribution < -0.4 is 9.64 Å². The molecule has 1 aliphatic heterocycles. The number of Topliss-reactive ketones (excluding diaryl/α,β-unsaturated/α-hetero) is 1. The summed E-state index contributed by atoms with van der Waals surface area (Å²) in [4.78, 5) is 33.3. The topological polar surface area (TPSA) is 92.9 Å². The van der Waals surface area contributed by atoms with E-state index in [1.54, 1.807) is 25.3 Å². The van der Waals surface area contributed by atoms with Crippen molar-refractivity contribution in [3.63, 3.8) is 0 Å². The molecule has 0 saturated heterocycles. The number of aromatic nitrogens is 1. The number of hydrogen-bond donors (Lipinski definition) is 1. The number of aliphatic hydroxyl groups is 1. The van der Waals surface area contributed by atoms with E-state index in [0.29, 0.717) is 27.5 Å². The summed E-state index contributed by atoms with van der Waals surface area (Å²) in [5, 5.41) is 12.2. The number of aliphatic hydroxyl groups excluding tert-OH is 1. The molecule has 0 spiro atoms. The number of carbonyl (C=O) groups excluding carboxylic acids is 2. The van der Waals surface area contributed by atoms with Gasteiger partial charge in [0, 0.05) is 5.39 Å². The summed E-state index contributed by atoms with van der Waals surface area (Å²) in [6.07, 6.45) is 0.846. The Hall–Kier alpha value is -4.43. The number of furan rings is 1. The molecule has 0 bridgehead atoms. The molecule has 37 heavy (non-hydrogen) atoms. The van der Waals surface area contributed by atoms with Crippen LogP contribution in [-0.2, 0) is 11.2 Å². The predicted octanol–water partition coefficient (Wildman–Crippen LogP) is 6.40. The number of ether oxygens (including phenoxy) is 1. The van der Waals surface area contributed by atoms with Crippen molar-refractivity contribution >= 4 is 49.3 Å². The van der Waals surface area contributed by atoms with E-state index < -0.39 is 23.5 Å². The van der Waals surface area contributed by atoms with Crippen LogP contribution in [0.5, 0.6) is 5.75 Å². The minimum absolute atomic E-state index is 0.0369. The van der Waals surface area contributed by atoms with Crippen LogP contribution in [0.15, 0.2) is 88.5 Å². The van der Waals surface area contributed by atoms with Gasteiger partial charge in [0.25, 0.3) is 5.91 Å². The lowest BCUT2D eigenvalue weighted by Crippen LogP contribution is -2.31. The van der Waals surface area contributed by atoms with Crippen LogP contribution >= 0.6 is 11.3 Å². The number of para-hydroxylation sites is 1. The molecule has 7 nitrogen and oxygen atoms in total. The Labute approximate surface area is 216 Å². The second-order valence-electron chi connectivity index (χ2n) is 8.74. The summed E-state index contributed by atoms with van der Waals surface area (Å²) < 4.78 is 12.0. The van der Waals surface area contributed by atoms with Gasteiger partial charge in [-0.3, -0.25) is 14.5 Å². The van der Waals surface area contributed by atoms with Gasteiger partial charge in [0.05, 0.1) is 28.9 Å². The zero-order valence-corrected chi connectivity index (χ0v) is 20.9. The highest BCUT2D eigenvalue weighted by Gasteiger charge is 2.46. The molecular formula is C29H22N2O5S. The molecule has 0 radical (unpaired) electrons. The highest BCUT2D eigenvalue weighted by Crippen LogP contribution is 2.44. The third kappa shape index (κ3) is 3.77. The van der Waals surface area contributed by atoms with Gasteiger partial charge in [-0.25, -0.2) is 4.98 Å².